The molecule has 0 amide bonds. The molecule has 0 saturated carbocycles. The minimum atomic E-state index is -0.189. The number of rotatable bonds is 7. The molecule has 2 aliphatic carbocycles. The van der Waals surface area contributed by atoms with Crippen LogP contribution in [0.1, 0.15) is 66.2 Å². The summed E-state index contributed by atoms with van der Waals surface area (Å²) in [5, 5.41) is 2.59. The maximum Gasteiger partial charge on any atom is 0.163 e. The Bertz CT molecular complexity index is 3730. The van der Waals surface area contributed by atoms with Gasteiger partial charge in [0.2, 0.25) is 0 Å². The Balaban J connectivity index is 0.975. The van der Waals surface area contributed by atoms with Crippen LogP contribution in [-0.2, 0) is 11.8 Å². The van der Waals surface area contributed by atoms with Crippen LogP contribution in [0.5, 0.6) is 0 Å². The molecule has 0 radical (unpaired) electrons. The molecular weight excluding hydrogens is 839 g/mol. The van der Waals surface area contributed by atoms with Crippen molar-refractivity contribution in [3.05, 3.63) is 246 Å². The lowest BCUT2D eigenvalue weighted by atomic mass is 9.73. The highest BCUT2D eigenvalue weighted by atomic mass is 15.2. The molecule has 10 aromatic rings. The van der Waals surface area contributed by atoms with E-state index in [0.29, 0.717) is 11.6 Å². The Hall–Kier alpha value is -8.41. The van der Waals surface area contributed by atoms with Gasteiger partial charge in [-0.25, -0.2) is 15.0 Å². The molecule has 0 bridgehead atoms. The topological polar surface area (TPSA) is 46.8 Å². The van der Waals surface area contributed by atoms with Crippen molar-refractivity contribution in [1.29, 1.82) is 0 Å². The second kappa shape index (κ2) is 16.4. The van der Waals surface area contributed by atoms with E-state index in [1.54, 1.807) is 0 Å². The minimum absolute atomic E-state index is 0.0185. The van der Waals surface area contributed by atoms with Gasteiger partial charge in [-0.05, 0) is 112 Å². The van der Waals surface area contributed by atoms with Crippen molar-refractivity contribution in [2.45, 2.75) is 44.4 Å². The van der Waals surface area contributed by atoms with Gasteiger partial charge in [-0.2, -0.15) is 0 Å². The third kappa shape index (κ3) is 6.87. The van der Waals surface area contributed by atoms with Crippen LogP contribution in [0.3, 0.4) is 0 Å². The molecule has 1 atom stereocenters. The summed E-state index contributed by atoms with van der Waals surface area (Å²) in [4.78, 5) is 18.1. The lowest BCUT2D eigenvalue weighted by Crippen LogP contribution is -2.30. The Kier molecular flexibility index (Phi) is 9.72. The zero-order valence-electron chi connectivity index (χ0n) is 38.7. The summed E-state index contributed by atoms with van der Waals surface area (Å²) < 4.78 is 2.46. The quantitative estimate of drug-likeness (QED) is 0.160. The van der Waals surface area contributed by atoms with Gasteiger partial charge in [-0.3, -0.25) is 0 Å². The molecule has 1 unspecified atom stereocenters. The van der Waals surface area contributed by atoms with E-state index in [4.69, 9.17) is 15.0 Å². The number of para-hydroxylation sites is 2. The molecule has 1 aliphatic heterocycles. The van der Waals surface area contributed by atoms with Gasteiger partial charge in [-0.1, -0.05) is 184 Å². The number of anilines is 3. The van der Waals surface area contributed by atoms with E-state index < -0.39 is 0 Å². The van der Waals surface area contributed by atoms with Gasteiger partial charge in [0.15, 0.2) is 11.6 Å². The van der Waals surface area contributed by atoms with E-state index in [-0.39, 0.29) is 11.3 Å². The van der Waals surface area contributed by atoms with Gasteiger partial charge in [-0.15, -0.1) is 0 Å². The number of nitrogens with zero attached hydrogens (tertiary/aromatic N) is 5. The van der Waals surface area contributed by atoms with E-state index in [1.807, 2.05) is 18.2 Å². The molecule has 5 heteroatoms. The van der Waals surface area contributed by atoms with Gasteiger partial charge in [0.1, 0.15) is 5.82 Å². The average Bonchev–Trinajstić information content (AvgIpc) is 3.77. The number of hydrogen-bond acceptors (Lipinski definition) is 4. The summed E-state index contributed by atoms with van der Waals surface area (Å²) in [5.41, 5.74) is 18.9. The van der Waals surface area contributed by atoms with E-state index in [2.05, 4.69) is 224 Å². The number of benzene rings is 8. The molecule has 13 rings (SSSR count). The SMILES string of the molecule is CC1(C)c2ccccc2N(c2ccccc2)c2cc(-c3cccc4c3c3c5c(ccc3n4-c3cccc(-c4nc(-c6ccccc6)nc(C6C=CC(c7ccccc7)=CC6)n4)c3)C=CCC5)ccc21. The van der Waals surface area contributed by atoms with Crippen LogP contribution in [0, 0.1) is 0 Å². The van der Waals surface area contributed by atoms with Crippen molar-refractivity contribution < 1.29 is 0 Å². The average molecular weight is 888 g/mol. The molecule has 0 spiro atoms. The fourth-order valence-corrected chi connectivity index (χ4v) is 11.2. The normalized spacial score (nSPS) is 15.7. The van der Waals surface area contributed by atoms with Crippen LogP contribution in [0.2, 0.25) is 0 Å². The molecule has 0 N–H and O–H groups in total. The third-order valence-corrected chi connectivity index (χ3v) is 14.6. The molecule has 0 fully saturated rings. The largest absolute Gasteiger partial charge is 0.310 e. The molecule has 8 aromatic carbocycles. The molecule has 3 aliphatic rings. The lowest BCUT2D eigenvalue weighted by Gasteiger charge is -2.42. The first kappa shape index (κ1) is 40.8. The van der Waals surface area contributed by atoms with Gasteiger partial charge < -0.3 is 9.47 Å². The summed E-state index contributed by atoms with van der Waals surface area (Å²) in [5.74, 6) is 2.13. The van der Waals surface area contributed by atoms with Crippen molar-refractivity contribution in [2.24, 2.45) is 0 Å². The molecule has 69 heavy (non-hydrogen) atoms. The Labute approximate surface area is 403 Å². The van der Waals surface area contributed by atoms with Crippen LogP contribution >= 0.6 is 0 Å². The van der Waals surface area contributed by atoms with E-state index in [1.165, 1.54) is 77.7 Å². The van der Waals surface area contributed by atoms with Gasteiger partial charge >= 0.3 is 0 Å². The maximum atomic E-state index is 5.27. The Morgan fingerprint density at radius 3 is 2.00 bits per heavy atom. The highest BCUT2D eigenvalue weighted by molar-refractivity contribution is 6.18. The van der Waals surface area contributed by atoms with Crippen molar-refractivity contribution in [2.75, 3.05) is 4.90 Å². The van der Waals surface area contributed by atoms with Gasteiger partial charge in [0.25, 0.3) is 0 Å². The van der Waals surface area contributed by atoms with Crippen molar-refractivity contribution >= 4 is 50.5 Å². The molecule has 2 aromatic heterocycles. The fourth-order valence-electron chi connectivity index (χ4n) is 11.2. The number of hydrogen-bond donors (Lipinski definition) is 0. The van der Waals surface area contributed by atoms with Crippen LogP contribution in [0.25, 0.3) is 73.0 Å². The highest BCUT2D eigenvalue weighted by Crippen LogP contribution is 2.53. The first-order valence-electron chi connectivity index (χ1n) is 24.2. The molecule has 330 valence electrons. The van der Waals surface area contributed by atoms with E-state index in [9.17, 15) is 0 Å². The van der Waals surface area contributed by atoms with Crippen molar-refractivity contribution in [3.8, 4) is 39.6 Å². The third-order valence-electron chi connectivity index (χ3n) is 14.6. The van der Waals surface area contributed by atoms with Crippen LogP contribution < -0.4 is 4.90 Å². The van der Waals surface area contributed by atoms with Crippen LogP contribution in [0.15, 0.2) is 212 Å². The monoisotopic (exact) mass is 887 g/mol. The van der Waals surface area contributed by atoms with Crippen molar-refractivity contribution in [3.63, 3.8) is 0 Å². The Morgan fingerprint density at radius 2 is 1.20 bits per heavy atom. The summed E-state index contributed by atoms with van der Waals surface area (Å²) in [6.45, 7) is 4.72. The van der Waals surface area contributed by atoms with Gasteiger partial charge in [0.05, 0.1) is 22.4 Å². The second-order valence-corrected chi connectivity index (χ2v) is 19.0. The zero-order chi connectivity index (χ0) is 46.1. The molecule has 0 saturated heterocycles. The first-order valence-corrected chi connectivity index (χ1v) is 24.2. The van der Waals surface area contributed by atoms with E-state index in [0.717, 1.165) is 47.6 Å². The summed E-state index contributed by atoms with van der Waals surface area (Å²) in [6, 6.07) is 68.0. The minimum Gasteiger partial charge on any atom is -0.310 e. The number of fused-ring (bicyclic) bond motifs is 7. The lowest BCUT2D eigenvalue weighted by molar-refractivity contribution is 0.632. The maximum absolute atomic E-state index is 5.27. The predicted octanol–water partition coefficient (Wildman–Crippen LogP) is 16.2. The van der Waals surface area contributed by atoms with Crippen LogP contribution in [-0.4, -0.2) is 19.5 Å². The Morgan fingerprint density at radius 1 is 0.522 bits per heavy atom. The predicted molar refractivity (Wildman–Crippen MR) is 286 cm³/mol. The number of aryl methyl sites for hydroxylation is 1. The molecular formula is C64H49N5. The summed E-state index contributed by atoms with van der Waals surface area (Å²) in [7, 11) is 0. The second-order valence-electron chi connectivity index (χ2n) is 19.0. The zero-order valence-corrected chi connectivity index (χ0v) is 38.7. The molecule has 5 nitrogen and oxygen atoms in total. The highest BCUT2D eigenvalue weighted by Gasteiger charge is 2.37. The summed E-state index contributed by atoms with van der Waals surface area (Å²) in [6.07, 6.45) is 14.2. The van der Waals surface area contributed by atoms with E-state index >= 15 is 0 Å². The summed E-state index contributed by atoms with van der Waals surface area (Å²) >= 11 is 0. The smallest absolute Gasteiger partial charge is 0.163 e. The van der Waals surface area contributed by atoms with Crippen LogP contribution in [0.4, 0.5) is 17.1 Å². The van der Waals surface area contributed by atoms with Gasteiger partial charge in [0, 0.05) is 44.6 Å². The number of aromatic nitrogens is 4. The molecule has 3 heterocycles. The first-order chi connectivity index (χ1) is 34.0. The number of allylic oxidation sites excluding steroid dienone is 5. The van der Waals surface area contributed by atoms with Crippen molar-refractivity contribution in [1.82, 2.24) is 19.5 Å². The standard InChI is InChI=1S/C64H49N5/c1-64(2)53-29-14-15-30-55(53)68(49-24-10-5-11-25-49)58-41-47(36-38-54(58)64)52-28-17-31-56-60(52)59-51-27-13-12-20-44(51)37-39-57(59)69(56)50-26-16-23-48(40-50)63-66-61(45-21-8-4-9-22-45)65-62(67-63)46-34-32-43(33-35-46)42-18-6-3-7-19-42/h3-12,14-26,28-34,36-41,46H,13,27,35H2,1-2H3. The fraction of sp³-hybridized carbons (Fsp3) is 0.109.